The van der Waals surface area contributed by atoms with E-state index in [1.165, 1.54) is 12.0 Å². The van der Waals surface area contributed by atoms with Gasteiger partial charge in [-0.05, 0) is 35.9 Å². The highest BCUT2D eigenvalue weighted by Crippen LogP contribution is 2.32. The van der Waals surface area contributed by atoms with Crippen LogP contribution in [0, 0.1) is 0 Å². The number of nitrogens with zero attached hydrogens (tertiary/aromatic N) is 1. The van der Waals surface area contributed by atoms with Gasteiger partial charge < -0.3 is 9.47 Å². The number of thioether (sulfide) groups is 1. The van der Waals surface area contributed by atoms with Crippen LogP contribution < -0.4 is 20.3 Å². The normalized spacial score (nSPS) is 14.5. The largest absolute Gasteiger partial charge is 0.497 e. The van der Waals surface area contributed by atoms with Gasteiger partial charge in [-0.1, -0.05) is 48.2 Å². The molecule has 0 aliphatic carbocycles. The van der Waals surface area contributed by atoms with Gasteiger partial charge in [0.1, 0.15) is 22.4 Å². The van der Waals surface area contributed by atoms with Crippen molar-refractivity contribution in [2.45, 2.75) is 0 Å². The fourth-order valence-corrected chi connectivity index (χ4v) is 3.98. The molecule has 2 N–H and O–H groups in total. The third-order valence-corrected chi connectivity index (χ3v) is 5.61. The van der Waals surface area contributed by atoms with Crippen molar-refractivity contribution in [2.24, 2.45) is 0 Å². The molecule has 1 aliphatic heterocycles. The second-order valence-corrected chi connectivity index (χ2v) is 7.92. The van der Waals surface area contributed by atoms with Crippen molar-refractivity contribution in [1.29, 1.82) is 0 Å². The second-order valence-electron chi connectivity index (χ2n) is 6.25. The van der Waals surface area contributed by atoms with Crippen LogP contribution in [0.4, 0.5) is 0 Å². The lowest BCUT2D eigenvalue weighted by Gasteiger charge is -2.15. The lowest BCUT2D eigenvalue weighted by molar-refractivity contribution is -0.129. The van der Waals surface area contributed by atoms with Crippen LogP contribution in [0.2, 0.25) is 0 Å². The van der Waals surface area contributed by atoms with E-state index in [1.54, 1.807) is 49.6 Å². The molecular formula is C21H19N3O5S2. The summed E-state index contributed by atoms with van der Waals surface area (Å²) in [6.07, 6.45) is 1.68. The summed E-state index contributed by atoms with van der Waals surface area (Å²) in [4.78, 5) is 38.8. The monoisotopic (exact) mass is 457 g/mol. The Labute approximate surface area is 188 Å². The summed E-state index contributed by atoms with van der Waals surface area (Å²) in [6, 6.07) is 13.8. The topological polar surface area (TPSA) is 97.0 Å². The predicted octanol–water partition coefficient (Wildman–Crippen LogP) is 2.37. The quantitative estimate of drug-likeness (QED) is 0.391. The highest BCUT2D eigenvalue weighted by molar-refractivity contribution is 8.26. The first kappa shape index (κ1) is 22.3. The van der Waals surface area contributed by atoms with Crippen LogP contribution in [-0.4, -0.2) is 47.7 Å². The lowest BCUT2D eigenvalue weighted by atomic mass is 10.2. The Bertz CT molecular complexity index is 1070. The van der Waals surface area contributed by atoms with Crippen molar-refractivity contribution >= 4 is 52.1 Å². The number of hydrogen-bond donors (Lipinski definition) is 2. The molecule has 1 saturated heterocycles. The van der Waals surface area contributed by atoms with E-state index in [2.05, 4.69) is 10.9 Å². The Morgan fingerprint density at radius 1 is 1.10 bits per heavy atom. The maximum Gasteiger partial charge on any atom is 0.273 e. The lowest BCUT2D eigenvalue weighted by Crippen LogP contribution is -2.47. The number of nitrogens with one attached hydrogen (secondary N) is 2. The average Bonchev–Trinajstić information content (AvgIpc) is 3.04. The van der Waals surface area contributed by atoms with Gasteiger partial charge in [-0.15, -0.1) is 0 Å². The Balaban J connectivity index is 1.61. The van der Waals surface area contributed by atoms with Gasteiger partial charge in [0.05, 0.1) is 24.7 Å². The maximum absolute atomic E-state index is 12.7. The molecule has 0 spiro atoms. The molecule has 3 amide bonds. The molecule has 0 bridgehead atoms. The molecular weight excluding hydrogens is 438 g/mol. The van der Waals surface area contributed by atoms with Crippen LogP contribution in [0.5, 0.6) is 11.5 Å². The number of hydrogen-bond acceptors (Lipinski definition) is 7. The summed E-state index contributed by atoms with van der Waals surface area (Å²) < 4.78 is 10.6. The Morgan fingerprint density at radius 2 is 1.87 bits per heavy atom. The molecule has 0 unspecified atom stereocenters. The van der Waals surface area contributed by atoms with Gasteiger partial charge in [0, 0.05) is 0 Å². The van der Waals surface area contributed by atoms with Crippen molar-refractivity contribution in [2.75, 3.05) is 20.8 Å². The molecule has 1 aliphatic rings. The van der Waals surface area contributed by atoms with Gasteiger partial charge in [0.15, 0.2) is 0 Å². The van der Waals surface area contributed by atoms with Crippen molar-refractivity contribution in [3.63, 3.8) is 0 Å². The number of rotatable bonds is 6. The molecule has 31 heavy (non-hydrogen) atoms. The first-order chi connectivity index (χ1) is 14.9. The van der Waals surface area contributed by atoms with Crippen LogP contribution >= 0.6 is 24.0 Å². The van der Waals surface area contributed by atoms with Crippen LogP contribution in [0.1, 0.15) is 15.9 Å². The highest BCUT2D eigenvalue weighted by atomic mass is 32.2. The molecule has 2 aromatic carbocycles. The number of benzene rings is 2. The molecule has 1 fully saturated rings. The third kappa shape index (κ3) is 5.41. The van der Waals surface area contributed by atoms with E-state index < -0.39 is 11.8 Å². The van der Waals surface area contributed by atoms with E-state index in [0.29, 0.717) is 16.4 Å². The van der Waals surface area contributed by atoms with Crippen LogP contribution in [0.15, 0.2) is 53.4 Å². The zero-order valence-electron chi connectivity index (χ0n) is 16.7. The van der Waals surface area contributed by atoms with E-state index in [-0.39, 0.29) is 22.3 Å². The molecule has 2 aromatic rings. The first-order valence-corrected chi connectivity index (χ1v) is 10.3. The van der Waals surface area contributed by atoms with Crippen LogP contribution in [-0.2, 0) is 9.59 Å². The summed E-state index contributed by atoms with van der Waals surface area (Å²) in [5.41, 5.74) is 5.63. The fraction of sp³-hybridized carbons (Fsp3) is 0.143. The van der Waals surface area contributed by atoms with Gasteiger partial charge in [0.25, 0.3) is 17.7 Å². The zero-order chi connectivity index (χ0) is 22.4. The van der Waals surface area contributed by atoms with Gasteiger partial charge in [-0.3, -0.25) is 30.1 Å². The van der Waals surface area contributed by atoms with Crippen molar-refractivity contribution in [1.82, 2.24) is 15.8 Å². The predicted molar refractivity (Wildman–Crippen MR) is 121 cm³/mol. The van der Waals surface area contributed by atoms with E-state index >= 15 is 0 Å². The Hall–Kier alpha value is -3.37. The zero-order valence-corrected chi connectivity index (χ0v) is 18.3. The number of amides is 3. The van der Waals surface area contributed by atoms with Crippen molar-refractivity contribution in [3.05, 3.63) is 64.6 Å². The molecule has 0 radical (unpaired) electrons. The van der Waals surface area contributed by atoms with Crippen LogP contribution in [0.3, 0.4) is 0 Å². The van der Waals surface area contributed by atoms with Crippen molar-refractivity contribution in [3.8, 4) is 11.5 Å². The second kappa shape index (κ2) is 10.1. The summed E-state index contributed by atoms with van der Waals surface area (Å²) in [6.45, 7) is -0.327. The molecule has 0 aromatic heterocycles. The number of hydrazine groups is 1. The summed E-state index contributed by atoms with van der Waals surface area (Å²) in [5.74, 6) is -0.497. The van der Waals surface area contributed by atoms with Gasteiger partial charge in [0.2, 0.25) is 0 Å². The molecule has 0 atom stereocenters. The fourth-order valence-electron chi connectivity index (χ4n) is 2.73. The van der Waals surface area contributed by atoms with Crippen LogP contribution in [0.25, 0.3) is 6.08 Å². The average molecular weight is 458 g/mol. The smallest absolute Gasteiger partial charge is 0.273 e. The minimum absolute atomic E-state index is 0.255. The summed E-state index contributed by atoms with van der Waals surface area (Å²) in [5, 5.41) is 0. The Morgan fingerprint density at radius 3 is 2.61 bits per heavy atom. The number of methoxy groups -OCH3 is 2. The number of ether oxygens (including phenoxy) is 2. The molecule has 0 saturated carbocycles. The first-order valence-electron chi connectivity index (χ1n) is 9.04. The van der Waals surface area contributed by atoms with Gasteiger partial charge >= 0.3 is 0 Å². The minimum atomic E-state index is -0.595. The standard InChI is InChI=1S/C21H19N3O5S2/c1-28-14-7-5-6-13(10-14)11-17-20(27)24(21(30)31-17)12-18(25)22-23-19(26)15-8-3-4-9-16(15)29-2/h3-11H,12H2,1-2H3,(H,22,25)(H,23,26)/b17-11+. The molecule has 10 heteroatoms. The van der Waals surface area contributed by atoms with E-state index in [0.717, 1.165) is 17.3 Å². The van der Waals surface area contributed by atoms with Gasteiger partial charge in [-0.25, -0.2) is 0 Å². The minimum Gasteiger partial charge on any atom is -0.497 e. The number of carbonyl (C=O) groups is 3. The summed E-state index contributed by atoms with van der Waals surface area (Å²) >= 11 is 6.34. The maximum atomic E-state index is 12.7. The van der Waals surface area contributed by atoms with Crippen molar-refractivity contribution < 1.29 is 23.9 Å². The van der Waals surface area contributed by atoms with E-state index in [1.807, 2.05) is 12.1 Å². The molecule has 160 valence electrons. The molecule has 3 rings (SSSR count). The van der Waals surface area contributed by atoms with E-state index in [4.69, 9.17) is 21.7 Å². The number of para-hydroxylation sites is 1. The third-order valence-electron chi connectivity index (χ3n) is 4.23. The highest BCUT2D eigenvalue weighted by Gasteiger charge is 2.33. The van der Waals surface area contributed by atoms with E-state index in [9.17, 15) is 14.4 Å². The summed E-state index contributed by atoms with van der Waals surface area (Å²) in [7, 11) is 3.00. The van der Waals surface area contributed by atoms with Gasteiger partial charge in [-0.2, -0.15) is 0 Å². The SMILES string of the molecule is COc1cccc(/C=C2/SC(=S)N(CC(=O)NNC(=O)c3ccccc3OC)C2=O)c1. The molecule has 8 nitrogen and oxygen atoms in total. The number of thiocarbonyl (C=S) groups is 1. The Kier molecular flexibility index (Phi) is 7.27. The number of carbonyl (C=O) groups excluding carboxylic acids is 3. The molecule has 1 heterocycles.